The number of hydrogen-bond acceptors (Lipinski definition) is 5. The zero-order chi connectivity index (χ0) is 17.8. The van der Waals surface area contributed by atoms with E-state index in [1.807, 2.05) is 0 Å². The number of thiophene rings is 1. The van der Waals surface area contributed by atoms with Crippen LogP contribution in [-0.4, -0.2) is 45.5 Å². The lowest BCUT2D eigenvalue weighted by atomic mass is 10.0. The summed E-state index contributed by atoms with van der Waals surface area (Å²) in [4.78, 5) is 29.6. The predicted octanol–water partition coefficient (Wildman–Crippen LogP) is 2.97. The highest BCUT2D eigenvalue weighted by Crippen LogP contribution is 2.48. The second-order valence-electron chi connectivity index (χ2n) is 5.49. The largest absolute Gasteiger partial charge is 0.378 e. The number of aldehydes is 1. The maximum atomic E-state index is 12.4. The molecule has 1 aliphatic heterocycles. The summed E-state index contributed by atoms with van der Waals surface area (Å²) in [5, 5.41) is 3.45. The summed E-state index contributed by atoms with van der Waals surface area (Å²) in [7, 11) is 1.58. The third-order valence-corrected chi connectivity index (χ3v) is 5.28. The van der Waals surface area contributed by atoms with Crippen LogP contribution < -0.4 is 10.2 Å². The van der Waals surface area contributed by atoms with Gasteiger partial charge in [-0.15, -0.1) is 11.3 Å². The van der Waals surface area contributed by atoms with Crippen molar-refractivity contribution in [3.05, 3.63) is 46.1 Å². The smallest absolute Gasteiger partial charge is 0.260 e. The minimum absolute atomic E-state index is 0.219. The van der Waals surface area contributed by atoms with Crippen molar-refractivity contribution in [1.82, 2.24) is 5.32 Å². The van der Waals surface area contributed by atoms with E-state index in [1.54, 1.807) is 31.3 Å². The molecule has 7 heteroatoms. The van der Waals surface area contributed by atoms with E-state index in [9.17, 15) is 9.59 Å². The Morgan fingerprint density at radius 3 is 2.56 bits per heavy atom. The molecule has 128 valence electrons. The molecule has 1 saturated heterocycles. The average Bonchev–Trinajstić information content (AvgIpc) is 3.07. The third kappa shape index (κ3) is 3.27. The number of rotatable bonds is 4. The first-order valence-electron chi connectivity index (χ1n) is 7.84. The Kier molecular flexibility index (Phi) is 5.12. The molecule has 1 aromatic heterocycles. The monoisotopic (exact) mass is 355 g/mol. The van der Waals surface area contributed by atoms with E-state index >= 15 is 0 Å². The standard InChI is InChI=1S/C18H17N3O3S/c1-19-15-14(13-5-3-12(11-22)4-6-13)16(17(23)20-2)25-18(15)21-7-9-24-10-8-21/h3-6,11H,7-10H2,2H3,(H,20,23). The van der Waals surface area contributed by atoms with E-state index in [4.69, 9.17) is 11.3 Å². The number of carbonyl (C=O) groups excluding carboxylic acids is 2. The second kappa shape index (κ2) is 7.47. The summed E-state index contributed by atoms with van der Waals surface area (Å²) in [6.45, 7) is 10.3. The maximum absolute atomic E-state index is 12.4. The molecule has 0 radical (unpaired) electrons. The summed E-state index contributed by atoms with van der Waals surface area (Å²) in [6.07, 6.45) is 0.770. The number of amides is 1. The Morgan fingerprint density at radius 2 is 2.00 bits per heavy atom. The van der Waals surface area contributed by atoms with Crippen LogP contribution in [0.3, 0.4) is 0 Å². The number of morpholine rings is 1. The number of benzene rings is 1. The molecule has 0 atom stereocenters. The first-order chi connectivity index (χ1) is 12.2. The van der Waals surface area contributed by atoms with Crippen LogP contribution in [0.2, 0.25) is 0 Å². The van der Waals surface area contributed by atoms with Crippen LogP contribution in [0.5, 0.6) is 0 Å². The van der Waals surface area contributed by atoms with E-state index in [0.717, 1.165) is 16.9 Å². The van der Waals surface area contributed by atoms with Gasteiger partial charge < -0.3 is 15.0 Å². The van der Waals surface area contributed by atoms with E-state index in [0.29, 0.717) is 48.0 Å². The van der Waals surface area contributed by atoms with Gasteiger partial charge in [-0.2, -0.15) is 0 Å². The Bertz CT molecular complexity index is 830. The zero-order valence-corrected chi connectivity index (χ0v) is 14.6. The number of anilines is 1. The molecular weight excluding hydrogens is 338 g/mol. The lowest BCUT2D eigenvalue weighted by Crippen LogP contribution is -2.35. The first kappa shape index (κ1) is 17.1. The van der Waals surface area contributed by atoms with Crippen molar-refractivity contribution in [3.8, 4) is 11.1 Å². The molecule has 0 aliphatic carbocycles. The summed E-state index contributed by atoms with van der Waals surface area (Å²) >= 11 is 1.33. The van der Waals surface area contributed by atoms with Crippen molar-refractivity contribution in [2.45, 2.75) is 0 Å². The van der Waals surface area contributed by atoms with E-state index in [2.05, 4.69) is 15.1 Å². The highest BCUT2D eigenvalue weighted by molar-refractivity contribution is 7.19. The zero-order valence-electron chi connectivity index (χ0n) is 13.7. The summed E-state index contributed by atoms with van der Waals surface area (Å²) < 4.78 is 5.38. The lowest BCUT2D eigenvalue weighted by molar-refractivity contribution is 0.0967. The van der Waals surface area contributed by atoms with Crippen molar-refractivity contribution >= 4 is 34.2 Å². The van der Waals surface area contributed by atoms with Crippen LogP contribution in [0.25, 0.3) is 16.0 Å². The van der Waals surface area contributed by atoms with Crippen molar-refractivity contribution in [3.63, 3.8) is 0 Å². The van der Waals surface area contributed by atoms with Gasteiger partial charge in [0.2, 0.25) is 5.69 Å². The fourth-order valence-corrected chi connectivity index (χ4v) is 4.03. The molecule has 0 saturated carbocycles. The van der Waals surface area contributed by atoms with Crippen LogP contribution in [0, 0.1) is 6.57 Å². The predicted molar refractivity (Wildman–Crippen MR) is 97.8 cm³/mol. The quantitative estimate of drug-likeness (QED) is 0.676. The molecule has 3 rings (SSSR count). The van der Waals surface area contributed by atoms with Gasteiger partial charge in [0.1, 0.15) is 6.29 Å². The highest BCUT2D eigenvalue weighted by atomic mass is 32.1. The van der Waals surface area contributed by atoms with Gasteiger partial charge in [-0.25, -0.2) is 4.85 Å². The van der Waals surface area contributed by atoms with Gasteiger partial charge in [-0.3, -0.25) is 9.59 Å². The SMILES string of the molecule is [C-]#[N+]c1c(N2CCOCC2)sc(C(=O)NC)c1-c1ccc(C=O)cc1. The van der Waals surface area contributed by atoms with Crippen LogP contribution in [0.1, 0.15) is 20.0 Å². The molecule has 0 bridgehead atoms. The molecule has 0 unspecified atom stereocenters. The topological polar surface area (TPSA) is 63.0 Å². The molecule has 1 aliphatic rings. The van der Waals surface area contributed by atoms with E-state index in [1.165, 1.54) is 11.3 Å². The highest BCUT2D eigenvalue weighted by Gasteiger charge is 2.27. The molecular formula is C18H17N3O3S. The maximum Gasteiger partial charge on any atom is 0.260 e. The fourth-order valence-electron chi connectivity index (χ4n) is 2.76. The summed E-state index contributed by atoms with van der Waals surface area (Å²) in [6, 6.07) is 6.93. The van der Waals surface area contributed by atoms with Crippen molar-refractivity contribution in [2.24, 2.45) is 0 Å². The summed E-state index contributed by atoms with van der Waals surface area (Å²) in [5.74, 6) is -0.219. The lowest BCUT2D eigenvalue weighted by Gasteiger charge is -2.28. The average molecular weight is 355 g/mol. The third-order valence-electron chi connectivity index (χ3n) is 4.04. The van der Waals surface area contributed by atoms with E-state index in [-0.39, 0.29) is 5.91 Å². The van der Waals surface area contributed by atoms with Crippen molar-refractivity contribution in [2.75, 3.05) is 38.3 Å². The van der Waals surface area contributed by atoms with Crippen LogP contribution >= 0.6 is 11.3 Å². The van der Waals surface area contributed by atoms with Crippen LogP contribution in [0.4, 0.5) is 10.7 Å². The molecule has 1 fully saturated rings. The van der Waals surface area contributed by atoms with Gasteiger partial charge in [0.15, 0.2) is 0 Å². The van der Waals surface area contributed by atoms with E-state index < -0.39 is 0 Å². The van der Waals surface area contributed by atoms with Gasteiger partial charge in [-0.1, -0.05) is 24.3 Å². The summed E-state index contributed by atoms with van der Waals surface area (Å²) in [5.41, 5.74) is 2.41. The van der Waals surface area contributed by atoms with Gasteiger partial charge >= 0.3 is 0 Å². The number of nitrogens with one attached hydrogen (secondary N) is 1. The molecule has 2 heterocycles. The number of carbonyl (C=O) groups is 2. The van der Waals surface area contributed by atoms with Crippen LogP contribution in [0.15, 0.2) is 24.3 Å². The molecule has 1 aromatic carbocycles. The van der Waals surface area contributed by atoms with Gasteiger partial charge in [0.05, 0.1) is 29.7 Å². The number of ether oxygens (including phenoxy) is 1. The minimum Gasteiger partial charge on any atom is -0.378 e. The fraction of sp³-hybridized carbons (Fsp3) is 0.278. The van der Waals surface area contributed by atoms with Gasteiger partial charge in [0, 0.05) is 31.3 Å². The second-order valence-corrected chi connectivity index (χ2v) is 6.49. The Hall–Kier alpha value is -2.69. The number of nitrogens with zero attached hydrogens (tertiary/aromatic N) is 2. The molecule has 1 N–H and O–H groups in total. The number of hydrogen-bond donors (Lipinski definition) is 1. The van der Waals surface area contributed by atoms with Crippen molar-refractivity contribution < 1.29 is 14.3 Å². The molecule has 25 heavy (non-hydrogen) atoms. The van der Waals surface area contributed by atoms with Crippen molar-refractivity contribution in [1.29, 1.82) is 0 Å². The normalized spacial score (nSPS) is 14.0. The molecule has 2 aromatic rings. The molecule has 6 nitrogen and oxygen atoms in total. The van der Waals surface area contributed by atoms with Gasteiger partial charge in [-0.05, 0) is 5.56 Å². The minimum atomic E-state index is -0.219. The Morgan fingerprint density at radius 1 is 1.32 bits per heavy atom. The van der Waals surface area contributed by atoms with Crippen LogP contribution in [-0.2, 0) is 4.74 Å². The molecule has 0 spiro atoms. The Labute approximate surface area is 149 Å². The Balaban J connectivity index is 2.16. The van der Waals surface area contributed by atoms with Gasteiger partial charge in [0.25, 0.3) is 5.91 Å². The first-order valence-corrected chi connectivity index (χ1v) is 8.66. The molecule has 1 amide bonds.